The Morgan fingerprint density at radius 2 is 1.92 bits per heavy atom. The molecule has 2 aromatic rings. The van der Waals surface area contributed by atoms with E-state index in [9.17, 15) is 4.79 Å². The van der Waals surface area contributed by atoms with Gasteiger partial charge in [0.2, 0.25) is 5.82 Å². The molecule has 2 aromatic heterocycles. The molecule has 1 aliphatic rings. The number of amides is 1. The van der Waals surface area contributed by atoms with Crippen LogP contribution in [0.5, 0.6) is 0 Å². The number of hydrogen-bond donors (Lipinski definition) is 1. The van der Waals surface area contributed by atoms with Crippen LogP contribution in [0, 0.1) is 5.92 Å². The van der Waals surface area contributed by atoms with Crippen LogP contribution in [0.1, 0.15) is 37.1 Å². The molecule has 1 N–H and O–H groups in total. The Labute approximate surface area is 141 Å². The minimum Gasteiger partial charge on any atom is -0.354 e. The first-order chi connectivity index (χ1) is 11.4. The lowest BCUT2D eigenvalue weighted by Gasteiger charge is -2.40. The van der Waals surface area contributed by atoms with E-state index in [2.05, 4.69) is 51.2 Å². The molecular formula is C17H22N6O. The zero-order chi connectivity index (χ0) is 17.2. The smallest absolute Gasteiger partial charge is 0.289 e. The molecule has 0 radical (unpaired) electrons. The summed E-state index contributed by atoms with van der Waals surface area (Å²) in [6.45, 7) is 8.69. The Morgan fingerprint density at radius 1 is 1.21 bits per heavy atom. The lowest BCUT2D eigenvalue weighted by Crippen LogP contribution is -2.52. The Bertz CT molecular complexity index is 689. The van der Waals surface area contributed by atoms with Crippen LogP contribution in [0.15, 0.2) is 30.6 Å². The van der Waals surface area contributed by atoms with Crippen LogP contribution in [-0.4, -0.2) is 45.7 Å². The van der Waals surface area contributed by atoms with Crippen molar-refractivity contribution in [3.8, 4) is 0 Å². The summed E-state index contributed by atoms with van der Waals surface area (Å²) in [5, 5.41) is 11.5. The van der Waals surface area contributed by atoms with Gasteiger partial charge in [0, 0.05) is 43.4 Å². The topological polar surface area (TPSA) is 83.9 Å². The average molecular weight is 326 g/mol. The molecule has 0 spiro atoms. The summed E-state index contributed by atoms with van der Waals surface area (Å²) in [6, 6.07) is 5.73. The molecule has 0 aromatic carbocycles. The van der Waals surface area contributed by atoms with Crippen molar-refractivity contribution in [2.24, 2.45) is 5.92 Å². The number of nitrogens with one attached hydrogen (secondary N) is 1. The van der Waals surface area contributed by atoms with Gasteiger partial charge >= 0.3 is 0 Å². The number of aromatic nitrogens is 4. The van der Waals surface area contributed by atoms with E-state index in [1.54, 1.807) is 18.5 Å². The first kappa shape index (κ1) is 16.3. The third-order valence-corrected chi connectivity index (χ3v) is 4.02. The molecule has 24 heavy (non-hydrogen) atoms. The standard InChI is InChI=1S/C17H22N6O/c1-17(2,3)13-5-6-14(22-21-13)23-10-12(11-23)9-20-16(24)15-18-7-4-8-19-15/h4-8,12H,9-11H2,1-3H3,(H,20,24). The molecule has 1 amide bonds. The summed E-state index contributed by atoms with van der Waals surface area (Å²) < 4.78 is 0. The first-order valence-electron chi connectivity index (χ1n) is 8.08. The van der Waals surface area contributed by atoms with Crippen molar-refractivity contribution in [3.63, 3.8) is 0 Å². The number of carbonyl (C=O) groups excluding carboxylic acids is 1. The third-order valence-electron chi connectivity index (χ3n) is 4.02. The number of rotatable bonds is 4. The fourth-order valence-corrected chi connectivity index (χ4v) is 2.51. The van der Waals surface area contributed by atoms with E-state index in [0.717, 1.165) is 24.6 Å². The Hall–Kier alpha value is -2.57. The number of anilines is 1. The summed E-state index contributed by atoms with van der Waals surface area (Å²) in [6.07, 6.45) is 3.12. The lowest BCUT2D eigenvalue weighted by molar-refractivity contribution is 0.0934. The van der Waals surface area contributed by atoms with Gasteiger partial charge in [-0.2, -0.15) is 5.10 Å². The minimum atomic E-state index is -0.233. The van der Waals surface area contributed by atoms with Gasteiger partial charge in [-0.3, -0.25) is 4.79 Å². The van der Waals surface area contributed by atoms with Crippen molar-refractivity contribution < 1.29 is 4.79 Å². The lowest BCUT2D eigenvalue weighted by atomic mass is 9.92. The van der Waals surface area contributed by atoms with Gasteiger partial charge < -0.3 is 10.2 Å². The fourth-order valence-electron chi connectivity index (χ4n) is 2.51. The van der Waals surface area contributed by atoms with Gasteiger partial charge in [-0.1, -0.05) is 20.8 Å². The van der Waals surface area contributed by atoms with Crippen molar-refractivity contribution in [3.05, 3.63) is 42.1 Å². The Morgan fingerprint density at radius 3 is 2.50 bits per heavy atom. The van der Waals surface area contributed by atoms with Crippen molar-refractivity contribution in [1.82, 2.24) is 25.5 Å². The molecule has 1 aliphatic heterocycles. The fraction of sp³-hybridized carbons (Fsp3) is 0.471. The zero-order valence-electron chi connectivity index (χ0n) is 14.2. The van der Waals surface area contributed by atoms with Crippen LogP contribution in [0.2, 0.25) is 0 Å². The van der Waals surface area contributed by atoms with E-state index < -0.39 is 0 Å². The zero-order valence-corrected chi connectivity index (χ0v) is 14.2. The third kappa shape index (κ3) is 3.67. The summed E-state index contributed by atoms with van der Waals surface area (Å²) in [4.78, 5) is 21.9. The highest BCUT2D eigenvalue weighted by atomic mass is 16.2. The Kier molecular flexibility index (Phi) is 4.42. The van der Waals surface area contributed by atoms with Crippen molar-refractivity contribution in [2.75, 3.05) is 24.5 Å². The van der Waals surface area contributed by atoms with Gasteiger partial charge in [0.1, 0.15) is 0 Å². The molecular weight excluding hydrogens is 304 g/mol. The van der Waals surface area contributed by atoms with Crippen molar-refractivity contribution >= 4 is 11.7 Å². The van der Waals surface area contributed by atoms with Crippen LogP contribution in [0.25, 0.3) is 0 Å². The Balaban J connectivity index is 1.47. The van der Waals surface area contributed by atoms with Crippen molar-refractivity contribution in [1.29, 1.82) is 0 Å². The second-order valence-corrected chi connectivity index (χ2v) is 7.08. The second-order valence-electron chi connectivity index (χ2n) is 7.08. The summed E-state index contributed by atoms with van der Waals surface area (Å²) in [5.41, 5.74) is 0.991. The molecule has 0 unspecified atom stereocenters. The SMILES string of the molecule is CC(C)(C)c1ccc(N2CC(CNC(=O)c3ncccn3)C2)nn1. The van der Waals surface area contributed by atoms with Gasteiger partial charge in [-0.05, 0) is 18.2 Å². The second kappa shape index (κ2) is 6.51. The molecule has 0 atom stereocenters. The number of hydrogen-bond acceptors (Lipinski definition) is 6. The number of carbonyl (C=O) groups is 1. The highest BCUT2D eigenvalue weighted by molar-refractivity contribution is 5.90. The molecule has 0 bridgehead atoms. The molecule has 126 valence electrons. The van der Waals surface area contributed by atoms with Gasteiger partial charge in [0.25, 0.3) is 5.91 Å². The molecule has 1 fully saturated rings. The number of nitrogens with zero attached hydrogens (tertiary/aromatic N) is 5. The summed E-state index contributed by atoms with van der Waals surface area (Å²) >= 11 is 0. The molecule has 1 saturated heterocycles. The minimum absolute atomic E-state index is 0.00675. The molecule has 3 rings (SSSR count). The maximum atomic E-state index is 11.9. The van der Waals surface area contributed by atoms with E-state index in [1.165, 1.54) is 0 Å². The monoisotopic (exact) mass is 326 g/mol. The molecule has 0 saturated carbocycles. The molecule has 3 heterocycles. The highest BCUT2D eigenvalue weighted by Crippen LogP contribution is 2.24. The van der Waals surface area contributed by atoms with E-state index in [4.69, 9.17) is 0 Å². The molecule has 7 nitrogen and oxygen atoms in total. The van der Waals surface area contributed by atoms with E-state index >= 15 is 0 Å². The first-order valence-corrected chi connectivity index (χ1v) is 8.08. The maximum absolute atomic E-state index is 11.9. The average Bonchev–Trinajstić information content (AvgIpc) is 2.53. The van der Waals surface area contributed by atoms with Crippen molar-refractivity contribution in [2.45, 2.75) is 26.2 Å². The van der Waals surface area contributed by atoms with Crippen LogP contribution in [0.4, 0.5) is 5.82 Å². The van der Waals surface area contributed by atoms with Gasteiger partial charge in [-0.25, -0.2) is 9.97 Å². The van der Waals surface area contributed by atoms with Gasteiger partial charge in [0.05, 0.1) is 5.69 Å². The summed E-state index contributed by atoms with van der Waals surface area (Å²) in [5.74, 6) is 1.26. The predicted octanol–water partition coefficient (Wildman–Crippen LogP) is 1.43. The summed E-state index contributed by atoms with van der Waals surface area (Å²) in [7, 11) is 0. The normalized spacial score (nSPS) is 15.0. The van der Waals surface area contributed by atoms with Gasteiger partial charge in [0.15, 0.2) is 5.82 Å². The maximum Gasteiger partial charge on any atom is 0.289 e. The molecule has 7 heteroatoms. The van der Waals surface area contributed by atoms with Crippen LogP contribution in [0.3, 0.4) is 0 Å². The van der Waals surface area contributed by atoms with Gasteiger partial charge in [-0.15, -0.1) is 5.10 Å². The van der Waals surface area contributed by atoms with E-state index in [-0.39, 0.29) is 17.1 Å². The van der Waals surface area contributed by atoms with E-state index in [0.29, 0.717) is 12.5 Å². The highest BCUT2D eigenvalue weighted by Gasteiger charge is 2.29. The quantitative estimate of drug-likeness (QED) is 0.915. The largest absolute Gasteiger partial charge is 0.354 e. The predicted molar refractivity (Wildman–Crippen MR) is 90.8 cm³/mol. The van der Waals surface area contributed by atoms with Crippen LogP contribution < -0.4 is 10.2 Å². The van der Waals surface area contributed by atoms with E-state index in [1.807, 2.05) is 12.1 Å². The van der Waals surface area contributed by atoms with Crippen LogP contribution in [-0.2, 0) is 5.41 Å². The molecule has 0 aliphatic carbocycles. The van der Waals surface area contributed by atoms with Crippen LogP contribution >= 0.6 is 0 Å².